The highest BCUT2D eigenvalue weighted by atomic mass is 35.5. The van der Waals surface area contributed by atoms with E-state index in [1.165, 1.54) is 0 Å². The van der Waals surface area contributed by atoms with Crippen LogP contribution in [0.15, 0.2) is 48.5 Å². The molecule has 0 atom stereocenters. The number of benzene rings is 2. The third-order valence-corrected chi connectivity index (χ3v) is 2.69. The molecule has 4 nitrogen and oxygen atoms in total. The van der Waals surface area contributed by atoms with E-state index in [-0.39, 0.29) is 0 Å². The average molecular weight is 292 g/mol. The number of amides is 1. The first-order valence-electron chi connectivity index (χ1n) is 6.15. The molecule has 0 unspecified atom stereocenters. The van der Waals surface area contributed by atoms with Crippen molar-refractivity contribution in [2.75, 3.05) is 11.9 Å². The van der Waals surface area contributed by atoms with Crippen molar-refractivity contribution in [3.8, 4) is 11.5 Å². The van der Waals surface area contributed by atoms with Crippen molar-refractivity contribution in [2.45, 2.75) is 6.92 Å². The Balaban J connectivity index is 2.15. The van der Waals surface area contributed by atoms with Crippen molar-refractivity contribution in [3.63, 3.8) is 0 Å². The van der Waals surface area contributed by atoms with Crippen LogP contribution in [0.25, 0.3) is 0 Å². The first kappa shape index (κ1) is 14.2. The van der Waals surface area contributed by atoms with Gasteiger partial charge in [-0.05, 0) is 43.3 Å². The lowest BCUT2D eigenvalue weighted by molar-refractivity contribution is 0.168. The first-order valence-corrected chi connectivity index (χ1v) is 6.53. The maximum absolute atomic E-state index is 11.5. The molecule has 0 fully saturated rings. The van der Waals surface area contributed by atoms with E-state index >= 15 is 0 Å². The third kappa shape index (κ3) is 3.90. The van der Waals surface area contributed by atoms with Gasteiger partial charge in [0.25, 0.3) is 0 Å². The lowest BCUT2D eigenvalue weighted by Gasteiger charge is -2.12. The fourth-order valence-corrected chi connectivity index (χ4v) is 1.69. The number of hydrogen-bond donors (Lipinski definition) is 1. The molecular formula is C15H14ClNO3. The molecular weight excluding hydrogens is 278 g/mol. The van der Waals surface area contributed by atoms with E-state index in [2.05, 4.69) is 5.32 Å². The topological polar surface area (TPSA) is 47.6 Å². The lowest BCUT2D eigenvalue weighted by Crippen LogP contribution is -2.13. The van der Waals surface area contributed by atoms with Crippen molar-refractivity contribution in [1.82, 2.24) is 0 Å². The Morgan fingerprint density at radius 1 is 1.15 bits per heavy atom. The Bertz CT molecular complexity index is 584. The molecule has 0 bridgehead atoms. The summed E-state index contributed by atoms with van der Waals surface area (Å²) in [5.41, 5.74) is 0.543. The number of carbonyl (C=O) groups excluding carboxylic acids is 1. The summed E-state index contributed by atoms with van der Waals surface area (Å²) < 4.78 is 10.6. The molecule has 0 aromatic heterocycles. The Labute approximate surface area is 122 Å². The molecule has 0 aliphatic heterocycles. The summed E-state index contributed by atoms with van der Waals surface area (Å²) in [6.07, 6.45) is -0.514. The van der Waals surface area contributed by atoms with E-state index in [0.717, 1.165) is 0 Å². The second-order valence-corrected chi connectivity index (χ2v) is 4.33. The maximum atomic E-state index is 11.5. The Morgan fingerprint density at radius 2 is 1.85 bits per heavy atom. The van der Waals surface area contributed by atoms with Crippen molar-refractivity contribution < 1.29 is 14.3 Å². The van der Waals surface area contributed by atoms with E-state index < -0.39 is 6.09 Å². The molecule has 2 aromatic carbocycles. The molecule has 0 saturated carbocycles. The minimum Gasteiger partial charge on any atom is -0.455 e. The maximum Gasteiger partial charge on any atom is 0.411 e. The van der Waals surface area contributed by atoms with Crippen molar-refractivity contribution in [1.29, 1.82) is 0 Å². The number of hydrogen-bond acceptors (Lipinski definition) is 3. The summed E-state index contributed by atoms with van der Waals surface area (Å²) in [6, 6.07) is 14.1. The lowest BCUT2D eigenvalue weighted by atomic mass is 10.3. The van der Waals surface area contributed by atoms with Gasteiger partial charge in [-0.15, -0.1) is 0 Å². The smallest absolute Gasteiger partial charge is 0.411 e. The highest BCUT2D eigenvalue weighted by Crippen LogP contribution is 2.29. The highest BCUT2D eigenvalue weighted by Gasteiger charge is 2.08. The van der Waals surface area contributed by atoms with Crippen LogP contribution in [0.4, 0.5) is 10.5 Å². The van der Waals surface area contributed by atoms with Crippen LogP contribution in [0.1, 0.15) is 6.92 Å². The summed E-state index contributed by atoms with van der Waals surface area (Å²) in [5, 5.41) is 3.27. The molecule has 2 aromatic rings. The SMILES string of the molecule is CCOC(=O)Nc1ccccc1Oc1ccc(Cl)cc1. The predicted molar refractivity (Wildman–Crippen MR) is 78.6 cm³/mol. The van der Waals surface area contributed by atoms with E-state index in [9.17, 15) is 4.79 Å². The number of anilines is 1. The molecule has 0 spiro atoms. The van der Waals surface area contributed by atoms with Gasteiger partial charge < -0.3 is 9.47 Å². The second-order valence-electron chi connectivity index (χ2n) is 3.90. The monoisotopic (exact) mass is 291 g/mol. The van der Waals surface area contributed by atoms with Crippen LogP contribution >= 0.6 is 11.6 Å². The molecule has 1 amide bonds. The van der Waals surface area contributed by atoms with Crippen LogP contribution in [0.3, 0.4) is 0 Å². The summed E-state index contributed by atoms with van der Waals surface area (Å²) in [7, 11) is 0. The molecule has 0 heterocycles. The number of rotatable bonds is 4. The van der Waals surface area contributed by atoms with Gasteiger partial charge in [0.1, 0.15) is 5.75 Å². The zero-order valence-corrected chi connectivity index (χ0v) is 11.7. The van der Waals surface area contributed by atoms with Gasteiger partial charge in [0, 0.05) is 5.02 Å². The Kier molecular flexibility index (Phi) is 4.85. The number of carbonyl (C=O) groups is 1. The number of nitrogens with one attached hydrogen (secondary N) is 1. The molecule has 0 aliphatic rings. The average Bonchev–Trinajstić information content (AvgIpc) is 2.44. The van der Waals surface area contributed by atoms with Crippen LogP contribution in [0, 0.1) is 0 Å². The van der Waals surface area contributed by atoms with E-state index in [1.807, 2.05) is 6.07 Å². The Hall–Kier alpha value is -2.20. The second kappa shape index (κ2) is 6.82. The minimum atomic E-state index is -0.514. The molecule has 20 heavy (non-hydrogen) atoms. The van der Waals surface area contributed by atoms with Crippen molar-refractivity contribution in [3.05, 3.63) is 53.6 Å². The largest absolute Gasteiger partial charge is 0.455 e. The van der Waals surface area contributed by atoms with Crippen LogP contribution in [-0.2, 0) is 4.74 Å². The molecule has 0 radical (unpaired) electrons. The highest BCUT2D eigenvalue weighted by molar-refractivity contribution is 6.30. The standard InChI is InChI=1S/C15H14ClNO3/c1-2-19-15(18)17-13-5-3-4-6-14(13)20-12-9-7-11(16)8-10-12/h3-10H,2H2,1H3,(H,17,18). The quantitative estimate of drug-likeness (QED) is 0.888. The predicted octanol–water partition coefficient (Wildman–Crippen LogP) is 4.70. The zero-order valence-electron chi connectivity index (χ0n) is 10.9. The summed E-state index contributed by atoms with van der Waals surface area (Å²) in [4.78, 5) is 11.5. The molecule has 5 heteroatoms. The molecule has 0 aliphatic carbocycles. The van der Waals surface area contributed by atoms with Crippen molar-refractivity contribution >= 4 is 23.4 Å². The Morgan fingerprint density at radius 3 is 2.55 bits per heavy atom. The fourth-order valence-electron chi connectivity index (χ4n) is 1.57. The van der Waals surface area contributed by atoms with Gasteiger partial charge in [-0.3, -0.25) is 5.32 Å². The normalized spacial score (nSPS) is 9.90. The molecule has 1 N–H and O–H groups in total. The van der Waals surface area contributed by atoms with E-state index in [1.54, 1.807) is 49.4 Å². The van der Waals surface area contributed by atoms with Gasteiger partial charge in [0.05, 0.1) is 12.3 Å². The minimum absolute atomic E-state index is 0.312. The first-order chi connectivity index (χ1) is 9.69. The van der Waals surface area contributed by atoms with Crippen molar-refractivity contribution in [2.24, 2.45) is 0 Å². The molecule has 0 saturated heterocycles. The van der Waals surface area contributed by atoms with Crippen LogP contribution in [0.2, 0.25) is 5.02 Å². The molecule has 2 rings (SSSR count). The van der Waals surface area contributed by atoms with Crippen LogP contribution < -0.4 is 10.1 Å². The van der Waals surface area contributed by atoms with Gasteiger partial charge >= 0.3 is 6.09 Å². The number of halogens is 1. The van der Waals surface area contributed by atoms with Crippen LogP contribution in [-0.4, -0.2) is 12.7 Å². The molecule has 104 valence electrons. The number of ether oxygens (including phenoxy) is 2. The summed E-state index contributed by atoms with van der Waals surface area (Å²) in [6.45, 7) is 2.06. The fraction of sp³-hybridized carbons (Fsp3) is 0.133. The van der Waals surface area contributed by atoms with Gasteiger partial charge in [-0.2, -0.15) is 0 Å². The van der Waals surface area contributed by atoms with Crippen LogP contribution in [0.5, 0.6) is 11.5 Å². The van der Waals surface area contributed by atoms with E-state index in [4.69, 9.17) is 21.1 Å². The number of para-hydroxylation sites is 2. The van der Waals surface area contributed by atoms with E-state index in [0.29, 0.717) is 28.8 Å². The van der Waals surface area contributed by atoms with Gasteiger partial charge in [0.2, 0.25) is 0 Å². The zero-order chi connectivity index (χ0) is 14.4. The van der Waals surface area contributed by atoms with Gasteiger partial charge in [-0.25, -0.2) is 4.79 Å². The van der Waals surface area contributed by atoms with Gasteiger partial charge in [0.15, 0.2) is 5.75 Å². The summed E-state index contributed by atoms with van der Waals surface area (Å²) in [5.74, 6) is 1.16. The third-order valence-electron chi connectivity index (χ3n) is 2.44. The van der Waals surface area contributed by atoms with Gasteiger partial charge in [-0.1, -0.05) is 23.7 Å². The summed E-state index contributed by atoms with van der Waals surface area (Å²) >= 11 is 5.82.